The Morgan fingerprint density at radius 3 is 2.52 bits per heavy atom. The maximum Gasteiger partial charge on any atom is 0.279 e. The van der Waals surface area contributed by atoms with E-state index in [4.69, 9.17) is 0 Å². The quantitative estimate of drug-likeness (QED) is 0.801. The molecule has 2 rings (SSSR count). The van der Waals surface area contributed by atoms with Crippen molar-refractivity contribution in [3.63, 3.8) is 0 Å². The largest absolute Gasteiger partial charge is 0.332 e. The van der Waals surface area contributed by atoms with E-state index in [2.05, 4.69) is 5.32 Å². The summed E-state index contributed by atoms with van der Waals surface area (Å²) in [6.07, 6.45) is 0. The summed E-state index contributed by atoms with van der Waals surface area (Å²) in [6.45, 7) is 4.31. The second-order valence-electron chi connectivity index (χ2n) is 5.11. The SMILES string of the molecule is CC(=O)N1CC[NH+](CC(=O)Nc2ccc(F)cc2F)CC1. The minimum atomic E-state index is -0.792. The van der Waals surface area contributed by atoms with Crippen molar-refractivity contribution in [3.8, 4) is 0 Å². The average molecular weight is 298 g/mol. The standard InChI is InChI=1S/C14H17F2N3O2/c1-10(20)19-6-4-18(5-7-19)9-14(21)17-13-3-2-11(15)8-12(13)16/h2-3,8H,4-7,9H2,1H3,(H,17,21)/p+1. The fourth-order valence-electron chi connectivity index (χ4n) is 2.33. The highest BCUT2D eigenvalue weighted by Gasteiger charge is 2.23. The molecule has 1 aliphatic rings. The Morgan fingerprint density at radius 1 is 1.29 bits per heavy atom. The van der Waals surface area contributed by atoms with E-state index in [1.165, 1.54) is 13.0 Å². The molecule has 0 aliphatic carbocycles. The van der Waals surface area contributed by atoms with Crippen molar-refractivity contribution in [1.82, 2.24) is 4.90 Å². The minimum Gasteiger partial charge on any atom is -0.332 e. The van der Waals surface area contributed by atoms with E-state index in [9.17, 15) is 18.4 Å². The highest BCUT2D eigenvalue weighted by atomic mass is 19.1. The molecule has 0 bridgehead atoms. The second kappa shape index (κ2) is 6.62. The predicted molar refractivity (Wildman–Crippen MR) is 72.8 cm³/mol. The van der Waals surface area contributed by atoms with Crippen LogP contribution in [0.2, 0.25) is 0 Å². The molecule has 0 aromatic heterocycles. The van der Waals surface area contributed by atoms with Gasteiger partial charge in [-0.3, -0.25) is 9.59 Å². The van der Waals surface area contributed by atoms with E-state index in [0.29, 0.717) is 26.2 Å². The molecule has 0 atom stereocenters. The maximum atomic E-state index is 13.4. The molecule has 1 aliphatic heterocycles. The Bertz CT molecular complexity index is 543. The van der Waals surface area contributed by atoms with Gasteiger partial charge in [-0.1, -0.05) is 0 Å². The molecule has 7 heteroatoms. The summed E-state index contributed by atoms with van der Waals surface area (Å²) in [4.78, 5) is 25.8. The fraction of sp³-hybridized carbons (Fsp3) is 0.429. The van der Waals surface area contributed by atoms with Crippen LogP contribution in [0.5, 0.6) is 0 Å². The van der Waals surface area contributed by atoms with E-state index in [1.807, 2.05) is 0 Å². The lowest BCUT2D eigenvalue weighted by molar-refractivity contribution is -0.895. The number of halogens is 2. The van der Waals surface area contributed by atoms with Crippen LogP contribution in [0.3, 0.4) is 0 Å². The van der Waals surface area contributed by atoms with Crippen molar-refractivity contribution in [2.45, 2.75) is 6.92 Å². The number of benzene rings is 1. The first-order valence-corrected chi connectivity index (χ1v) is 6.79. The zero-order valence-corrected chi connectivity index (χ0v) is 11.8. The molecule has 0 saturated carbocycles. The summed E-state index contributed by atoms with van der Waals surface area (Å²) in [7, 11) is 0. The Kier molecular flexibility index (Phi) is 4.85. The molecule has 0 unspecified atom stereocenters. The maximum absolute atomic E-state index is 13.4. The van der Waals surface area contributed by atoms with Crippen LogP contribution in [-0.2, 0) is 9.59 Å². The van der Waals surface area contributed by atoms with Crippen molar-refractivity contribution >= 4 is 17.5 Å². The zero-order valence-electron chi connectivity index (χ0n) is 11.8. The molecule has 1 fully saturated rings. The summed E-state index contributed by atoms with van der Waals surface area (Å²) < 4.78 is 26.2. The van der Waals surface area contributed by atoms with Gasteiger partial charge in [0.25, 0.3) is 5.91 Å². The van der Waals surface area contributed by atoms with Crippen LogP contribution >= 0.6 is 0 Å². The van der Waals surface area contributed by atoms with E-state index >= 15 is 0 Å². The number of piperazine rings is 1. The van der Waals surface area contributed by atoms with Crippen molar-refractivity contribution in [2.75, 3.05) is 38.0 Å². The zero-order chi connectivity index (χ0) is 15.4. The number of nitrogens with one attached hydrogen (secondary N) is 2. The van der Waals surface area contributed by atoms with Gasteiger partial charge < -0.3 is 15.1 Å². The van der Waals surface area contributed by atoms with Crippen molar-refractivity contribution in [3.05, 3.63) is 29.8 Å². The summed E-state index contributed by atoms with van der Waals surface area (Å²) in [5.41, 5.74) is -0.0248. The number of rotatable bonds is 3. The van der Waals surface area contributed by atoms with Crippen molar-refractivity contribution < 1.29 is 23.3 Å². The number of amides is 2. The smallest absolute Gasteiger partial charge is 0.279 e. The van der Waals surface area contributed by atoms with Gasteiger partial charge in [-0.2, -0.15) is 0 Å². The number of quaternary nitrogens is 1. The lowest BCUT2D eigenvalue weighted by atomic mass is 10.2. The van der Waals surface area contributed by atoms with E-state index in [0.717, 1.165) is 17.0 Å². The lowest BCUT2D eigenvalue weighted by Crippen LogP contribution is -3.15. The van der Waals surface area contributed by atoms with Crippen LogP contribution in [0.15, 0.2) is 18.2 Å². The van der Waals surface area contributed by atoms with Crippen molar-refractivity contribution in [1.29, 1.82) is 0 Å². The first kappa shape index (κ1) is 15.4. The van der Waals surface area contributed by atoms with Gasteiger partial charge in [0.1, 0.15) is 11.6 Å². The minimum absolute atomic E-state index is 0.0248. The molecule has 1 heterocycles. The molecular weight excluding hydrogens is 280 g/mol. The summed E-state index contributed by atoms with van der Waals surface area (Å²) in [5.74, 6) is -1.77. The summed E-state index contributed by atoms with van der Waals surface area (Å²) in [5, 5.41) is 2.44. The van der Waals surface area contributed by atoms with Gasteiger partial charge in [0, 0.05) is 13.0 Å². The second-order valence-corrected chi connectivity index (χ2v) is 5.11. The molecule has 114 valence electrons. The molecule has 1 aromatic carbocycles. The average Bonchev–Trinajstić information content (AvgIpc) is 2.42. The number of hydrogen-bond acceptors (Lipinski definition) is 2. The van der Waals surface area contributed by atoms with Gasteiger partial charge in [0.2, 0.25) is 5.91 Å². The van der Waals surface area contributed by atoms with Crippen LogP contribution in [0, 0.1) is 11.6 Å². The Balaban J connectivity index is 1.84. The molecule has 21 heavy (non-hydrogen) atoms. The van der Waals surface area contributed by atoms with E-state index < -0.39 is 11.6 Å². The monoisotopic (exact) mass is 298 g/mol. The Hall–Kier alpha value is -2.02. The fourth-order valence-corrected chi connectivity index (χ4v) is 2.33. The van der Waals surface area contributed by atoms with Gasteiger partial charge in [-0.05, 0) is 12.1 Å². The first-order chi connectivity index (χ1) is 9.95. The molecule has 1 saturated heterocycles. The first-order valence-electron chi connectivity index (χ1n) is 6.79. The third-order valence-electron chi connectivity index (χ3n) is 3.53. The van der Waals surface area contributed by atoms with Crippen LogP contribution in [-0.4, -0.2) is 49.4 Å². The topological polar surface area (TPSA) is 53.9 Å². The molecule has 0 radical (unpaired) electrons. The third-order valence-corrected chi connectivity index (χ3v) is 3.53. The van der Waals surface area contributed by atoms with Crippen LogP contribution in [0.1, 0.15) is 6.92 Å². The number of nitrogens with zero attached hydrogens (tertiary/aromatic N) is 1. The number of carbonyl (C=O) groups is 2. The van der Waals surface area contributed by atoms with Gasteiger partial charge in [-0.15, -0.1) is 0 Å². The Labute approximate surface area is 121 Å². The van der Waals surface area contributed by atoms with Gasteiger partial charge in [0.05, 0.1) is 31.9 Å². The normalized spacial score (nSPS) is 15.9. The van der Waals surface area contributed by atoms with E-state index in [-0.39, 0.29) is 24.0 Å². The molecular formula is C14H18F2N3O2+. The summed E-state index contributed by atoms with van der Waals surface area (Å²) in [6, 6.07) is 3.02. The molecule has 5 nitrogen and oxygen atoms in total. The highest BCUT2D eigenvalue weighted by Crippen LogP contribution is 2.14. The van der Waals surface area contributed by atoms with E-state index in [1.54, 1.807) is 4.90 Å². The highest BCUT2D eigenvalue weighted by molar-refractivity contribution is 5.91. The van der Waals surface area contributed by atoms with Crippen LogP contribution in [0.4, 0.5) is 14.5 Å². The van der Waals surface area contributed by atoms with Gasteiger partial charge in [0.15, 0.2) is 6.54 Å². The predicted octanol–water partition coefficient (Wildman–Crippen LogP) is -0.350. The molecule has 2 amide bonds. The number of carbonyl (C=O) groups excluding carboxylic acids is 2. The molecule has 0 spiro atoms. The molecule has 1 aromatic rings. The van der Waals surface area contributed by atoms with Gasteiger partial charge in [-0.25, -0.2) is 8.78 Å². The van der Waals surface area contributed by atoms with Gasteiger partial charge >= 0.3 is 0 Å². The summed E-state index contributed by atoms with van der Waals surface area (Å²) >= 11 is 0. The van der Waals surface area contributed by atoms with Crippen LogP contribution in [0.25, 0.3) is 0 Å². The molecule has 2 N–H and O–H groups in total. The van der Waals surface area contributed by atoms with Crippen molar-refractivity contribution in [2.24, 2.45) is 0 Å². The Morgan fingerprint density at radius 2 is 1.95 bits per heavy atom. The number of anilines is 1. The van der Waals surface area contributed by atoms with Crippen LogP contribution < -0.4 is 10.2 Å². The third kappa shape index (κ3) is 4.22. The number of hydrogen-bond donors (Lipinski definition) is 2. The lowest BCUT2D eigenvalue weighted by Gasteiger charge is -2.31.